The summed E-state index contributed by atoms with van der Waals surface area (Å²) in [5, 5.41) is -0.312. The lowest BCUT2D eigenvalue weighted by Crippen LogP contribution is -2.40. The van der Waals surface area contributed by atoms with Gasteiger partial charge < -0.3 is 5.73 Å². The summed E-state index contributed by atoms with van der Waals surface area (Å²) in [7, 11) is 0. The minimum Gasteiger partial charge on any atom is -0.369 e. The van der Waals surface area contributed by atoms with Crippen LogP contribution in [0.3, 0.4) is 0 Å². The molecule has 2 aromatic rings. The van der Waals surface area contributed by atoms with Crippen LogP contribution in [0.4, 0.5) is 10.5 Å². The van der Waals surface area contributed by atoms with Crippen LogP contribution in [-0.2, 0) is 0 Å². The van der Waals surface area contributed by atoms with Crippen molar-refractivity contribution >= 4 is 34.6 Å². The molecule has 0 aliphatic heterocycles. The van der Waals surface area contributed by atoms with Crippen molar-refractivity contribution < 1.29 is 9.59 Å². The summed E-state index contributed by atoms with van der Waals surface area (Å²) < 4.78 is 0. The number of benzene rings is 2. The van der Waals surface area contributed by atoms with Gasteiger partial charge >= 0.3 is 0 Å². The lowest BCUT2D eigenvalue weighted by Gasteiger charge is -2.20. The van der Waals surface area contributed by atoms with Crippen molar-refractivity contribution in [1.82, 2.24) is 0 Å². The molecule has 2 N–H and O–H groups in total. The number of guanidine groups is 1. The van der Waals surface area contributed by atoms with Gasteiger partial charge in [0.05, 0.1) is 5.69 Å². The molecular formula is C16H15N3O2S. The Hall–Kier alpha value is -2.60. The van der Waals surface area contributed by atoms with Gasteiger partial charge in [-0.3, -0.25) is 9.59 Å². The molecule has 0 unspecified atom stereocenters. The van der Waals surface area contributed by atoms with Crippen LogP contribution in [-0.4, -0.2) is 23.4 Å². The maximum atomic E-state index is 12.1. The second-order valence-electron chi connectivity index (χ2n) is 4.28. The largest absolute Gasteiger partial charge is 0.369 e. The molecule has 0 aliphatic rings. The highest BCUT2D eigenvalue weighted by molar-refractivity contribution is 8.13. The monoisotopic (exact) mass is 313 g/mol. The normalized spacial score (nSPS) is 11.0. The molecule has 0 fully saturated rings. The molecule has 0 saturated heterocycles. The van der Waals surface area contributed by atoms with Gasteiger partial charge in [0.15, 0.2) is 0 Å². The van der Waals surface area contributed by atoms with Gasteiger partial charge in [0.1, 0.15) is 0 Å². The molecule has 6 heteroatoms. The van der Waals surface area contributed by atoms with E-state index in [0.29, 0.717) is 11.3 Å². The molecule has 0 heterocycles. The quantitative estimate of drug-likeness (QED) is 0.682. The highest BCUT2D eigenvalue weighted by Crippen LogP contribution is 2.18. The number of anilines is 1. The zero-order chi connectivity index (χ0) is 15.9. The highest BCUT2D eigenvalue weighted by Gasteiger charge is 2.19. The number of carbonyl (C=O) groups is 2. The number of para-hydroxylation sites is 1. The van der Waals surface area contributed by atoms with Crippen LogP contribution in [0.15, 0.2) is 65.7 Å². The summed E-state index contributed by atoms with van der Waals surface area (Å²) in [6.45, 7) is 0. The zero-order valence-electron chi connectivity index (χ0n) is 12.0. The van der Waals surface area contributed by atoms with Gasteiger partial charge in [-0.25, -0.2) is 4.90 Å². The number of amides is 2. The molecule has 112 valence electrons. The fourth-order valence-corrected chi connectivity index (χ4v) is 2.18. The maximum absolute atomic E-state index is 12.1. The highest BCUT2D eigenvalue weighted by atomic mass is 32.2. The van der Waals surface area contributed by atoms with E-state index in [-0.39, 0.29) is 11.2 Å². The number of carbonyl (C=O) groups excluding carboxylic acids is 2. The molecule has 0 aliphatic carbocycles. The third kappa shape index (κ3) is 3.73. The fraction of sp³-hybridized carbons (Fsp3) is 0.0625. The predicted molar refractivity (Wildman–Crippen MR) is 90.2 cm³/mol. The topological polar surface area (TPSA) is 75.8 Å². The van der Waals surface area contributed by atoms with Gasteiger partial charge in [-0.2, -0.15) is 4.99 Å². The Labute approximate surface area is 132 Å². The van der Waals surface area contributed by atoms with Gasteiger partial charge in [-0.15, -0.1) is 0 Å². The Morgan fingerprint density at radius 3 is 2.09 bits per heavy atom. The van der Waals surface area contributed by atoms with Crippen LogP contribution in [0.2, 0.25) is 0 Å². The lowest BCUT2D eigenvalue weighted by atomic mass is 10.2. The van der Waals surface area contributed by atoms with Gasteiger partial charge in [0, 0.05) is 5.56 Å². The Kier molecular flexibility index (Phi) is 5.32. The molecule has 2 amide bonds. The van der Waals surface area contributed by atoms with Crippen molar-refractivity contribution in [3.63, 3.8) is 0 Å². The average molecular weight is 313 g/mol. The van der Waals surface area contributed by atoms with Crippen molar-refractivity contribution in [3.8, 4) is 0 Å². The first-order valence-corrected chi connectivity index (χ1v) is 7.72. The van der Waals surface area contributed by atoms with E-state index >= 15 is 0 Å². The Morgan fingerprint density at radius 1 is 1.00 bits per heavy atom. The first kappa shape index (κ1) is 15.8. The molecule has 0 saturated carbocycles. The van der Waals surface area contributed by atoms with Crippen molar-refractivity contribution in [1.29, 1.82) is 0 Å². The van der Waals surface area contributed by atoms with Crippen LogP contribution in [0.1, 0.15) is 10.4 Å². The molecular weight excluding hydrogens is 298 g/mol. The number of thioether (sulfide) groups is 1. The van der Waals surface area contributed by atoms with E-state index in [2.05, 4.69) is 4.99 Å². The van der Waals surface area contributed by atoms with Crippen LogP contribution in [0, 0.1) is 0 Å². The average Bonchev–Trinajstić information content (AvgIpc) is 2.56. The minimum atomic E-state index is -0.493. The fourth-order valence-electron chi connectivity index (χ4n) is 1.80. The SMILES string of the molecule is CSC(=O)N(C(N)=NC(=O)c1ccccc1)c1ccccc1. The molecule has 2 aromatic carbocycles. The molecule has 0 spiro atoms. The molecule has 22 heavy (non-hydrogen) atoms. The molecule has 5 nitrogen and oxygen atoms in total. The van der Waals surface area contributed by atoms with Crippen LogP contribution >= 0.6 is 11.8 Å². The van der Waals surface area contributed by atoms with E-state index < -0.39 is 5.91 Å². The first-order valence-electron chi connectivity index (χ1n) is 6.50. The summed E-state index contributed by atoms with van der Waals surface area (Å²) in [6.07, 6.45) is 1.64. The Morgan fingerprint density at radius 2 is 1.55 bits per heavy atom. The summed E-state index contributed by atoms with van der Waals surface area (Å²) in [5.74, 6) is -0.646. The molecule has 0 aromatic heterocycles. The van der Waals surface area contributed by atoms with Gasteiger partial charge in [0.2, 0.25) is 5.96 Å². The Balaban J connectivity index is 2.33. The maximum Gasteiger partial charge on any atom is 0.292 e. The van der Waals surface area contributed by atoms with Crippen molar-refractivity contribution in [2.24, 2.45) is 10.7 Å². The van der Waals surface area contributed by atoms with Crippen LogP contribution in [0.25, 0.3) is 0 Å². The lowest BCUT2D eigenvalue weighted by molar-refractivity contribution is 0.100. The summed E-state index contributed by atoms with van der Waals surface area (Å²) in [6, 6.07) is 17.4. The second kappa shape index (κ2) is 7.42. The predicted octanol–water partition coefficient (Wildman–Crippen LogP) is 3.13. The van der Waals surface area contributed by atoms with E-state index in [0.717, 1.165) is 11.8 Å². The third-order valence-electron chi connectivity index (χ3n) is 2.84. The van der Waals surface area contributed by atoms with Gasteiger partial charge in [0.25, 0.3) is 11.1 Å². The van der Waals surface area contributed by atoms with E-state index in [9.17, 15) is 9.59 Å². The number of nitrogens with zero attached hydrogens (tertiary/aromatic N) is 2. The van der Waals surface area contributed by atoms with Gasteiger partial charge in [-0.1, -0.05) is 48.2 Å². The van der Waals surface area contributed by atoms with E-state index in [1.165, 1.54) is 4.90 Å². The minimum absolute atomic E-state index is 0.153. The van der Waals surface area contributed by atoms with E-state index in [1.807, 2.05) is 6.07 Å². The van der Waals surface area contributed by atoms with Crippen molar-refractivity contribution in [2.45, 2.75) is 0 Å². The number of aliphatic imine (C=N–C) groups is 1. The number of hydrogen-bond donors (Lipinski definition) is 1. The summed E-state index contributed by atoms with van der Waals surface area (Å²) >= 11 is 0.994. The number of rotatable bonds is 2. The molecule has 0 bridgehead atoms. The molecule has 0 radical (unpaired) electrons. The van der Waals surface area contributed by atoms with Crippen LogP contribution in [0.5, 0.6) is 0 Å². The van der Waals surface area contributed by atoms with E-state index in [4.69, 9.17) is 5.73 Å². The zero-order valence-corrected chi connectivity index (χ0v) is 12.8. The van der Waals surface area contributed by atoms with Crippen molar-refractivity contribution in [3.05, 3.63) is 66.2 Å². The van der Waals surface area contributed by atoms with Crippen molar-refractivity contribution in [2.75, 3.05) is 11.2 Å². The number of hydrogen-bond acceptors (Lipinski definition) is 3. The van der Waals surface area contributed by atoms with Crippen LogP contribution < -0.4 is 10.6 Å². The first-order chi connectivity index (χ1) is 10.6. The number of nitrogens with two attached hydrogens (primary N) is 1. The molecule has 2 rings (SSSR count). The Bertz CT molecular complexity index is 687. The smallest absolute Gasteiger partial charge is 0.292 e. The second-order valence-corrected chi connectivity index (χ2v) is 5.04. The molecule has 0 atom stereocenters. The summed E-state index contributed by atoms with van der Waals surface area (Å²) in [5.41, 5.74) is 6.86. The van der Waals surface area contributed by atoms with E-state index in [1.54, 1.807) is 60.9 Å². The standard InChI is InChI=1S/C16H15N3O2S/c1-22-16(21)19(13-10-6-3-7-11-13)15(17)18-14(20)12-8-4-2-5-9-12/h2-11H,1H3,(H2,17,18,20). The van der Waals surface area contributed by atoms with Gasteiger partial charge in [-0.05, 0) is 30.5 Å². The third-order valence-corrected chi connectivity index (χ3v) is 3.37. The summed E-state index contributed by atoms with van der Waals surface area (Å²) in [4.78, 5) is 29.2.